The monoisotopic (exact) mass is 358 g/mol. The summed E-state index contributed by atoms with van der Waals surface area (Å²) in [6.45, 7) is 4.04. The maximum absolute atomic E-state index is 12.6. The summed E-state index contributed by atoms with van der Waals surface area (Å²) < 4.78 is 1.39. The smallest absolute Gasteiger partial charge is 0.271 e. The van der Waals surface area contributed by atoms with E-state index in [1.807, 2.05) is 13.8 Å². The van der Waals surface area contributed by atoms with E-state index < -0.39 is 16.9 Å². The minimum atomic E-state index is -0.869. The summed E-state index contributed by atoms with van der Waals surface area (Å²) in [5.41, 5.74) is 0.143. The van der Waals surface area contributed by atoms with Gasteiger partial charge in [0.15, 0.2) is 5.82 Å². The molecule has 2 aromatic rings. The number of fused-ring (bicyclic) bond motifs is 1. The van der Waals surface area contributed by atoms with Gasteiger partial charge in [-0.3, -0.25) is 25.0 Å². The van der Waals surface area contributed by atoms with Gasteiger partial charge in [0, 0.05) is 24.2 Å². The first-order valence-electron chi connectivity index (χ1n) is 8.14. The lowest BCUT2D eigenvalue weighted by atomic mass is 10.1. The van der Waals surface area contributed by atoms with Gasteiger partial charge in [0.05, 0.1) is 11.3 Å². The Bertz CT molecular complexity index is 875. The molecule has 26 heavy (non-hydrogen) atoms. The summed E-state index contributed by atoms with van der Waals surface area (Å²) in [6, 6.07) is 4.74. The number of aromatic nitrogens is 3. The van der Waals surface area contributed by atoms with Crippen molar-refractivity contribution in [2.24, 2.45) is 5.92 Å². The van der Waals surface area contributed by atoms with Gasteiger partial charge < -0.3 is 5.32 Å². The van der Waals surface area contributed by atoms with Crippen molar-refractivity contribution in [3.63, 3.8) is 0 Å². The van der Waals surface area contributed by atoms with Crippen molar-refractivity contribution in [1.82, 2.24) is 14.8 Å². The lowest BCUT2D eigenvalue weighted by Crippen LogP contribution is -2.36. The normalized spacial score (nSPS) is 16.1. The van der Waals surface area contributed by atoms with E-state index in [9.17, 15) is 19.7 Å². The van der Waals surface area contributed by atoms with Gasteiger partial charge in [-0.1, -0.05) is 19.9 Å². The van der Waals surface area contributed by atoms with E-state index in [0.29, 0.717) is 18.2 Å². The molecule has 0 spiro atoms. The third kappa shape index (κ3) is 3.68. The average Bonchev–Trinajstić information content (AvgIpc) is 2.95. The van der Waals surface area contributed by atoms with Gasteiger partial charge >= 0.3 is 0 Å². The predicted molar refractivity (Wildman–Crippen MR) is 92.6 cm³/mol. The molecule has 2 N–H and O–H groups in total. The van der Waals surface area contributed by atoms with Crippen LogP contribution in [0.1, 0.15) is 32.1 Å². The van der Waals surface area contributed by atoms with Crippen molar-refractivity contribution in [3.8, 4) is 0 Å². The molecular weight excluding hydrogens is 340 g/mol. The first-order valence-corrected chi connectivity index (χ1v) is 8.14. The highest BCUT2D eigenvalue weighted by molar-refractivity contribution is 6.00. The summed E-state index contributed by atoms with van der Waals surface area (Å²) in [5.74, 6) is 0.288. The summed E-state index contributed by atoms with van der Waals surface area (Å²) >= 11 is 0. The second-order valence-corrected chi connectivity index (χ2v) is 6.46. The van der Waals surface area contributed by atoms with Crippen LogP contribution in [0.25, 0.3) is 0 Å². The number of anilines is 2. The van der Waals surface area contributed by atoms with Crippen LogP contribution in [0.4, 0.5) is 17.3 Å². The second-order valence-electron chi connectivity index (χ2n) is 6.46. The summed E-state index contributed by atoms with van der Waals surface area (Å²) in [5, 5.41) is 20.4. The Morgan fingerprint density at radius 3 is 2.96 bits per heavy atom. The van der Waals surface area contributed by atoms with Crippen LogP contribution in [-0.4, -0.2) is 31.5 Å². The molecule has 1 aliphatic rings. The molecule has 10 heteroatoms. The molecule has 2 amide bonds. The second kappa shape index (κ2) is 6.90. The standard InChI is InChI=1S/C16H18N6O4/c1-9(2)6-13-18-16-19-14(23)8-12(21(16)20-13)15(24)17-10-4-3-5-11(7-10)22(25)26/h3-5,7,9,12H,6,8H2,1-2H3,(H,17,24)(H,18,19,20,23). The summed E-state index contributed by atoms with van der Waals surface area (Å²) in [4.78, 5) is 39.1. The quantitative estimate of drug-likeness (QED) is 0.620. The van der Waals surface area contributed by atoms with Crippen LogP contribution in [0.15, 0.2) is 24.3 Å². The zero-order valence-corrected chi connectivity index (χ0v) is 14.3. The number of nitrogens with zero attached hydrogens (tertiary/aromatic N) is 4. The fraction of sp³-hybridized carbons (Fsp3) is 0.375. The fourth-order valence-electron chi connectivity index (χ4n) is 2.69. The third-order valence-corrected chi connectivity index (χ3v) is 3.82. The highest BCUT2D eigenvalue weighted by Gasteiger charge is 2.33. The molecule has 0 bridgehead atoms. The zero-order valence-electron chi connectivity index (χ0n) is 14.3. The largest absolute Gasteiger partial charge is 0.324 e. The van der Waals surface area contributed by atoms with Crippen LogP contribution in [0.3, 0.4) is 0 Å². The molecule has 3 rings (SSSR count). The van der Waals surface area contributed by atoms with Gasteiger partial charge in [-0.2, -0.15) is 10.1 Å². The van der Waals surface area contributed by atoms with Crippen molar-refractivity contribution in [1.29, 1.82) is 0 Å². The molecule has 0 fully saturated rings. The maximum Gasteiger partial charge on any atom is 0.271 e. The Labute approximate surface area is 148 Å². The van der Waals surface area contributed by atoms with Crippen LogP contribution < -0.4 is 10.6 Å². The van der Waals surface area contributed by atoms with Crippen molar-refractivity contribution < 1.29 is 14.5 Å². The number of nitro groups is 1. The molecule has 1 unspecified atom stereocenters. The van der Waals surface area contributed by atoms with Gasteiger partial charge in [0.1, 0.15) is 6.04 Å². The number of non-ortho nitro benzene ring substituents is 1. The molecule has 1 aliphatic heterocycles. The number of hydrogen-bond donors (Lipinski definition) is 2. The molecule has 10 nitrogen and oxygen atoms in total. The van der Waals surface area contributed by atoms with E-state index >= 15 is 0 Å². The minimum Gasteiger partial charge on any atom is -0.324 e. The Hall–Kier alpha value is -3.30. The first-order chi connectivity index (χ1) is 12.3. The van der Waals surface area contributed by atoms with Gasteiger partial charge in [0.25, 0.3) is 5.69 Å². The van der Waals surface area contributed by atoms with E-state index in [1.165, 1.54) is 22.9 Å². The van der Waals surface area contributed by atoms with Gasteiger partial charge in [-0.25, -0.2) is 4.68 Å². The topological polar surface area (TPSA) is 132 Å². The number of carbonyl (C=O) groups is 2. The van der Waals surface area contributed by atoms with Gasteiger partial charge in [-0.15, -0.1) is 0 Å². The van der Waals surface area contributed by atoms with Crippen molar-refractivity contribution in [3.05, 3.63) is 40.2 Å². The van der Waals surface area contributed by atoms with E-state index in [2.05, 4.69) is 20.7 Å². The molecule has 0 radical (unpaired) electrons. The lowest BCUT2D eigenvalue weighted by molar-refractivity contribution is -0.384. The number of amides is 2. The SMILES string of the molecule is CC(C)Cc1nc2n(n1)C(C(=O)Nc1cccc([N+](=O)[O-])c1)CC(=O)N2. The Kier molecular flexibility index (Phi) is 4.65. The van der Waals surface area contributed by atoms with Crippen LogP contribution in [0.2, 0.25) is 0 Å². The Morgan fingerprint density at radius 1 is 1.50 bits per heavy atom. The van der Waals surface area contributed by atoms with Crippen LogP contribution in [0.5, 0.6) is 0 Å². The molecule has 1 aromatic carbocycles. The molecule has 1 aromatic heterocycles. The predicted octanol–water partition coefficient (Wildman–Crippen LogP) is 1.91. The first kappa shape index (κ1) is 17.5. The minimum absolute atomic E-state index is 0.0851. The number of hydrogen-bond acceptors (Lipinski definition) is 6. The van der Waals surface area contributed by atoms with E-state index in [0.717, 1.165) is 0 Å². The molecule has 0 aliphatic carbocycles. The molecule has 0 saturated heterocycles. The summed E-state index contributed by atoms with van der Waals surface area (Å²) in [7, 11) is 0. The lowest BCUT2D eigenvalue weighted by Gasteiger charge is -2.22. The van der Waals surface area contributed by atoms with Crippen molar-refractivity contribution in [2.45, 2.75) is 32.7 Å². The van der Waals surface area contributed by atoms with Crippen molar-refractivity contribution in [2.75, 3.05) is 10.6 Å². The Balaban J connectivity index is 1.84. The number of nitrogens with one attached hydrogen (secondary N) is 2. The highest BCUT2D eigenvalue weighted by Crippen LogP contribution is 2.25. The molecule has 136 valence electrons. The Morgan fingerprint density at radius 2 is 2.27 bits per heavy atom. The zero-order chi connectivity index (χ0) is 18.8. The maximum atomic E-state index is 12.6. The third-order valence-electron chi connectivity index (χ3n) is 3.82. The number of benzene rings is 1. The van der Waals surface area contributed by atoms with E-state index in [4.69, 9.17) is 0 Å². The molecule has 2 heterocycles. The summed E-state index contributed by atoms with van der Waals surface area (Å²) in [6.07, 6.45) is 0.535. The molecular formula is C16H18N6O4. The van der Waals surface area contributed by atoms with Gasteiger partial charge in [-0.05, 0) is 12.0 Å². The van der Waals surface area contributed by atoms with Gasteiger partial charge in [0.2, 0.25) is 17.8 Å². The van der Waals surface area contributed by atoms with E-state index in [-0.39, 0.29) is 29.7 Å². The fourth-order valence-corrected chi connectivity index (χ4v) is 2.69. The van der Waals surface area contributed by atoms with Crippen LogP contribution in [-0.2, 0) is 16.0 Å². The van der Waals surface area contributed by atoms with Crippen molar-refractivity contribution >= 4 is 29.1 Å². The average molecular weight is 358 g/mol. The number of rotatable bonds is 5. The highest BCUT2D eigenvalue weighted by atomic mass is 16.6. The van der Waals surface area contributed by atoms with Crippen LogP contribution in [0, 0.1) is 16.0 Å². The van der Waals surface area contributed by atoms with Crippen LogP contribution >= 0.6 is 0 Å². The molecule has 1 atom stereocenters. The molecule has 0 saturated carbocycles. The number of carbonyl (C=O) groups excluding carboxylic acids is 2. The number of nitro benzene ring substituents is 1. The van der Waals surface area contributed by atoms with E-state index in [1.54, 1.807) is 6.07 Å².